The lowest BCUT2D eigenvalue weighted by molar-refractivity contribution is 0.187. The molecule has 13 heteroatoms. The molecule has 0 atom stereocenters. The van der Waals surface area contributed by atoms with Crippen LogP contribution in [0.15, 0.2) is 79.0 Å². The number of carboxylic acid groups (broad SMARTS) is 1. The smallest absolute Gasteiger partial charge is 0.404 e. The van der Waals surface area contributed by atoms with E-state index in [9.17, 15) is 4.79 Å². The van der Waals surface area contributed by atoms with Crippen LogP contribution in [0.25, 0.3) is 39.5 Å². The number of pyridine rings is 2. The molecule has 2 aliphatic rings. The molecule has 10 nitrogen and oxygen atoms in total. The topological polar surface area (TPSA) is 148 Å². The van der Waals surface area contributed by atoms with E-state index < -0.39 is 6.09 Å². The maximum atomic E-state index is 11.0. The van der Waals surface area contributed by atoms with E-state index in [-0.39, 0.29) is 48.8 Å². The predicted octanol–water partition coefficient (Wildman–Crippen LogP) is 6.57. The first kappa shape index (κ1) is 34.8. The van der Waals surface area contributed by atoms with Crippen LogP contribution in [0.1, 0.15) is 37.7 Å². The number of fused-ring (bicyclic) bond motifs is 1. The molecule has 1 aliphatic carbocycles. The van der Waals surface area contributed by atoms with Crippen LogP contribution < -0.4 is 21.7 Å². The number of hydrogen-bond donors (Lipinski definition) is 4. The number of hydrogen-bond acceptors (Lipinski definition) is 7. The van der Waals surface area contributed by atoms with Crippen molar-refractivity contribution < 1.29 is 9.90 Å². The molecule has 0 spiro atoms. The SMILES string of the molecule is Cl.Cl.Cl.Nc1ncccc1-c1nc2ccc(-c3cccc(N4CCC(NC(=O)O)CC4)c3)nc2n1-c1ccc(C2(N)CCC2)cc1. The minimum absolute atomic E-state index is 0. The van der Waals surface area contributed by atoms with Crippen molar-refractivity contribution in [2.45, 2.75) is 43.7 Å². The van der Waals surface area contributed by atoms with Gasteiger partial charge in [-0.3, -0.25) is 4.57 Å². The number of imidazole rings is 1. The zero-order valence-corrected chi connectivity index (χ0v) is 27.5. The Labute approximate surface area is 285 Å². The van der Waals surface area contributed by atoms with Crippen LogP contribution in [-0.4, -0.2) is 49.9 Å². The zero-order valence-electron chi connectivity index (χ0n) is 25.0. The van der Waals surface area contributed by atoms with Gasteiger partial charge in [-0.15, -0.1) is 37.2 Å². The molecule has 0 bridgehead atoms. The van der Waals surface area contributed by atoms with Crippen LogP contribution in [0.3, 0.4) is 0 Å². The summed E-state index contributed by atoms with van der Waals surface area (Å²) in [5.41, 5.74) is 19.9. The molecule has 46 heavy (non-hydrogen) atoms. The third kappa shape index (κ3) is 6.57. The molecule has 1 amide bonds. The highest BCUT2D eigenvalue weighted by Gasteiger charge is 2.34. The highest BCUT2D eigenvalue weighted by atomic mass is 35.5. The number of halogens is 3. The van der Waals surface area contributed by atoms with Crippen LogP contribution in [-0.2, 0) is 5.54 Å². The summed E-state index contributed by atoms with van der Waals surface area (Å²) in [5, 5.41) is 11.7. The van der Waals surface area contributed by atoms with E-state index in [2.05, 4.69) is 57.7 Å². The lowest BCUT2D eigenvalue weighted by Crippen LogP contribution is -2.44. The van der Waals surface area contributed by atoms with Gasteiger partial charge in [-0.25, -0.2) is 19.7 Å². The first-order chi connectivity index (χ1) is 20.9. The Kier molecular flexibility index (Phi) is 10.7. The maximum Gasteiger partial charge on any atom is 0.404 e. The van der Waals surface area contributed by atoms with Crippen LogP contribution in [0.4, 0.5) is 16.3 Å². The van der Waals surface area contributed by atoms with Crippen molar-refractivity contribution in [3.8, 4) is 28.3 Å². The van der Waals surface area contributed by atoms with Gasteiger partial charge in [0.1, 0.15) is 11.3 Å². The average Bonchev–Trinajstić information content (AvgIpc) is 3.39. The second-order valence-corrected chi connectivity index (χ2v) is 11.6. The Morgan fingerprint density at radius 2 is 1.65 bits per heavy atom. The number of piperidine rings is 1. The third-order valence-electron chi connectivity index (χ3n) is 8.86. The normalized spacial score (nSPS) is 15.5. The molecule has 1 saturated heterocycles. The van der Waals surface area contributed by atoms with Gasteiger partial charge >= 0.3 is 6.09 Å². The lowest BCUT2D eigenvalue weighted by atomic mass is 9.73. The third-order valence-corrected chi connectivity index (χ3v) is 8.86. The van der Waals surface area contributed by atoms with Crippen molar-refractivity contribution in [3.05, 3.63) is 84.6 Å². The molecule has 242 valence electrons. The second-order valence-electron chi connectivity index (χ2n) is 11.6. The van der Waals surface area contributed by atoms with Crippen molar-refractivity contribution in [1.29, 1.82) is 0 Å². The number of nitrogens with two attached hydrogens (primary N) is 2. The standard InChI is InChI=1S/C33H34N8O2.3ClH/c34-29-26(6-2-17-36-29)30-39-28-12-11-27(21-4-1-5-25(20-21)40-18-13-23(14-19-40)37-32(42)43)38-31(28)41(30)24-9-7-22(8-10-24)33(35)15-3-16-33;;;/h1-2,4-12,17,20,23,37H,3,13-16,18-19,35H2,(H2,34,36)(H,42,43);3*1H. The Morgan fingerprint density at radius 3 is 2.30 bits per heavy atom. The Bertz CT molecular complexity index is 1820. The summed E-state index contributed by atoms with van der Waals surface area (Å²) in [4.78, 5) is 27.8. The van der Waals surface area contributed by atoms with Crippen LogP contribution >= 0.6 is 37.2 Å². The summed E-state index contributed by atoms with van der Waals surface area (Å²) in [6.45, 7) is 1.56. The minimum Gasteiger partial charge on any atom is -0.465 e. The minimum atomic E-state index is -0.965. The first-order valence-corrected chi connectivity index (χ1v) is 14.7. The van der Waals surface area contributed by atoms with Gasteiger partial charge in [-0.1, -0.05) is 24.3 Å². The number of amides is 1. The van der Waals surface area contributed by atoms with Crippen LogP contribution in [0.2, 0.25) is 0 Å². The molecule has 0 radical (unpaired) electrons. The van der Waals surface area contributed by atoms with E-state index in [4.69, 9.17) is 26.5 Å². The summed E-state index contributed by atoms with van der Waals surface area (Å²) in [6.07, 6.45) is 5.40. The monoisotopic (exact) mass is 682 g/mol. The highest BCUT2D eigenvalue weighted by Crippen LogP contribution is 2.39. The van der Waals surface area contributed by atoms with E-state index in [0.717, 1.165) is 90.1 Å². The van der Waals surface area contributed by atoms with E-state index in [1.807, 2.05) is 34.9 Å². The Morgan fingerprint density at radius 1 is 0.913 bits per heavy atom. The number of anilines is 2. The number of rotatable bonds is 6. The largest absolute Gasteiger partial charge is 0.465 e. The van der Waals surface area contributed by atoms with Crippen molar-refractivity contribution in [2.75, 3.05) is 23.7 Å². The zero-order chi connectivity index (χ0) is 29.6. The van der Waals surface area contributed by atoms with Gasteiger partial charge in [-0.05, 0) is 86.2 Å². The molecule has 6 N–H and O–H groups in total. The summed E-state index contributed by atoms with van der Waals surface area (Å²) in [5.74, 6) is 1.08. The molecule has 7 rings (SSSR count). The lowest BCUT2D eigenvalue weighted by Gasteiger charge is -2.38. The van der Waals surface area contributed by atoms with Crippen molar-refractivity contribution >= 4 is 66.0 Å². The second kappa shape index (κ2) is 14.1. The Hall–Kier alpha value is -4.09. The molecular formula is C33H37Cl3N8O2. The van der Waals surface area contributed by atoms with Crippen molar-refractivity contribution in [2.24, 2.45) is 5.73 Å². The summed E-state index contributed by atoms with van der Waals surface area (Å²) < 4.78 is 2.05. The van der Waals surface area contributed by atoms with Crippen molar-refractivity contribution in [1.82, 2.24) is 24.8 Å². The van der Waals surface area contributed by atoms with Gasteiger partial charge in [0.05, 0.1) is 11.3 Å². The van der Waals surface area contributed by atoms with Gasteiger partial charge in [0.25, 0.3) is 0 Å². The molecule has 4 heterocycles. The van der Waals surface area contributed by atoms with Gasteiger partial charge < -0.3 is 26.8 Å². The number of nitrogens with zero attached hydrogens (tertiary/aromatic N) is 5. The molecule has 3 aromatic heterocycles. The number of carbonyl (C=O) groups is 1. The first-order valence-electron chi connectivity index (χ1n) is 14.7. The molecule has 0 unspecified atom stereocenters. The van der Waals surface area contributed by atoms with Gasteiger partial charge in [0, 0.05) is 47.8 Å². The van der Waals surface area contributed by atoms with Crippen molar-refractivity contribution in [3.63, 3.8) is 0 Å². The van der Waals surface area contributed by atoms with E-state index in [1.54, 1.807) is 6.20 Å². The molecular weight excluding hydrogens is 647 g/mol. The van der Waals surface area contributed by atoms with Crippen LogP contribution in [0.5, 0.6) is 0 Å². The van der Waals surface area contributed by atoms with Gasteiger partial charge in [-0.2, -0.15) is 0 Å². The van der Waals surface area contributed by atoms with E-state index in [0.29, 0.717) is 11.6 Å². The fourth-order valence-electron chi connectivity index (χ4n) is 6.26. The number of nitrogens with one attached hydrogen (secondary N) is 1. The number of nitrogen functional groups attached to an aromatic ring is 1. The van der Waals surface area contributed by atoms with Crippen LogP contribution in [0, 0.1) is 0 Å². The van der Waals surface area contributed by atoms with Gasteiger partial charge in [0.15, 0.2) is 11.5 Å². The highest BCUT2D eigenvalue weighted by molar-refractivity contribution is 5.86. The molecule has 2 aromatic carbocycles. The summed E-state index contributed by atoms with van der Waals surface area (Å²) in [7, 11) is 0. The molecule has 1 saturated carbocycles. The summed E-state index contributed by atoms with van der Waals surface area (Å²) in [6, 6.07) is 24.5. The number of benzene rings is 2. The van der Waals surface area contributed by atoms with E-state index in [1.165, 1.54) is 0 Å². The Balaban J connectivity index is 0.00000160. The number of aromatic nitrogens is 4. The quantitative estimate of drug-likeness (QED) is 0.157. The molecule has 2 fully saturated rings. The van der Waals surface area contributed by atoms with Gasteiger partial charge in [0.2, 0.25) is 0 Å². The maximum absolute atomic E-state index is 11.0. The summed E-state index contributed by atoms with van der Waals surface area (Å²) >= 11 is 0. The average molecular weight is 684 g/mol. The van der Waals surface area contributed by atoms with E-state index >= 15 is 0 Å². The molecule has 1 aliphatic heterocycles. The fraction of sp³-hybridized carbons (Fsp3) is 0.273. The predicted molar refractivity (Wildman–Crippen MR) is 190 cm³/mol. The molecule has 5 aromatic rings. The fourth-order valence-corrected chi connectivity index (χ4v) is 6.26.